The van der Waals surface area contributed by atoms with E-state index in [1.807, 2.05) is 17.0 Å². The lowest BCUT2D eigenvalue weighted by atomic mass is 9.94. The molecule has 0 radical (unpaired) electrons. The van der Waals surface area contributed by atoms with Gasteiger partial charge in [-0.3, -0.25) is 9.69 Å². The van der Waals surface area contributed by atoms with E-state index in [0.717, 1.165) is 11.1 Å². The molecule has 39 heavy (non-hydrogen) atoms. The minimum atomic E-state index is -0.408. The fourth-order valence-electron chi connectivity index (χ4n) is 5.37. The van der Waals surface area contributed by atoms with Crippen LogP contribution in [0.2, 0.25) is 0 Å². The Hall–Kier alpha value is -5.04. The average Bonchev–Trinajstić information content (AvgIpc) is 2.96. The van der Waals surface area contributed by atoms with E-state index in [2.05, 4.69) is 33.8 Å². The number of anilines is 1. The molecule has 0 amide bonds. The number of fused-ring (bicyclic) bond motifs is 1. The first kappa shape index (κ1) is 25.6. The van der Waals surface area contributed by atoms with Crippen molar-refractivity contribution in [1.82, 2.24) is 14.5 Å². The Labute approximate surface area is 225 Å². The van der Waals surface area contributed by atoms with Gasteiger partial charge in [-0.05, 0) is 54.4 Å². The molecule has 2 atom stereocenters. The summed E-state index contributed by atoms with van der Waals surface area (Å²) in [6.45, 7) is 11.0. The molecule has 1 saturated heterocycles. The largest absolute Gasteiger partial charge is 0.364 e. The number of hydrogen-bond donors (Lipinski definition) is 0. The zero-order valence-corrected chi connectivity index (χ0v) is 21.5. The monoisotopic (exact) mass is 517 g/mol. The number of pyridine rings is 2. The molecule has 4 aromatic rings. The van der Waals surface area contributed by atoms with Crippen molar-refractivity contribution >= 4 is 22.5 Å². The van der Waals surface area contributed by atoms with Crippen LogP contribution < -0.4 is 10.5 Å². The van der Waals surface area contributed by atoms with Crippen molar-refractivity contribution in [1.29, 1.82) is 10.5 Å². The van der Waals surface area contributed by atoms with Crippen LogP contribution in [0.25, 0.3) is 15.9 Å². The molecule has 9 heteroatoms. The molecule has 1 aliphatic heterocycles. The summed E-state index contributed by atoms with van der Waals surface area (Å²) in [5, 5.41) is 19.2. The molecule has 1 unspecified atom stereocenters. The standard InChI is InChI=1S/C30H24FN7O/c1-19-18-37(29-24(17-33)30(39)36(3)25-12-13-26(34-2)35-27(25)29)14-15-38(19)28(22-8-10-23(31)11-9-22)21-6-4-20(16-32)5-7-21/h4-13,19,28H,14-15,18H2,1,3H3/t19-,28?/m1/s1. The fraction of sp³-hybridized carbons (Fsp3) is 0.233. The van der Waals surface area contributed by atoms with E-state index in [0.29, 0.717) is 41.9 Å². The highest BCUT2D eigenvalue weighted by molar-refractivity contribution is 5.92. The second-order valence-electron chi connectivity index (χ2n) is 9.57. The zero-order valence-electron chi connectivity index (χ0n) is 21.5. The molecule has 192 valence electrons. The lowest BCUT2D eigenvalue weighted by Gasteiger charge is -2.45. The van der Waals surface area contributed by atoms with Crippen LogP contribution in [0.3, 0.4) is 0 Å². The molecule has 5 rings (SSSR count). The van der Waals surface area contributed by atoms with Gasteiger partial charge >= 0.3 is 0 Å². The van der Waals surface area contributed by atoms with Gasteiger partial charge in [0.15, 0.2) is 0 Å². The minimum Gasteiger partial charge on any atom is -0.364 e. The highest BCUT2D eigenvalue weighted by Crippen LogP contribution is 2.35. The SMILES string of the molecule is [C-]#[N+]c1ccc2c(n1)c(N1CCN(C(c3ccc(F)cc3)c3ccc(C#N)cc3)[C@H](C)C1)c(C#N)c(=O)n2C. The van der Waals surface area contributed by atoms with E-state index < -0.39 is 5.56 Å². The van der Waals surface area contributed by atoms with Crippen LogP contribution in [-0.2, 0) is 7.05 Å². The van der Waals surface area contributed by atoms with Gasteiger partial charge in [0.1, 0.15) is 23.1 Å². The lowest BCUT2D eigenvalue weighted by molar-refractivity contribution is 0.150. The first-order valence-corrected chi connectivity index (χ1v) is 12.4. The van der Waals surface area contributed by atoms with Gasteiger partial charge in [0.05, 0.1) is 23.2 Å². The maximum atomic E-state index is 13.8. The molecule has 0 aliphatic carbocycles. The number of halogens is 1. The van der Waals surface area contributed by atoms with E-state index in [1.54, 1.807) is 43.4 Å². The van der Waals surface area contributed by atoms with Crippen LogP contribution in [0, 0.1) is 35.1 Å². The van der Waals surface area contributed by atoms with Crippen molar-refractivity contribution in [3.63, 3.8) is 0 Å². The lowest BCUT2D eigenvalue weighted by Crippen LogP contribution is -2.53. The zero-order chi connectivity index (χ0) is 27.7. The Morgan fingerprint density at radius 1 is 1.03 bits per heavy atom. The number of nitriles is 2. The second-order valence-corrected chi connectivity index (χ2v) is 9.57. The number of rotatable bonds is 4. The number of benzene rings is 2. The first-order valence-electron chi connectivity index (χ1n) is 12.4. The van der Waals surface area contributed by atoms with E-state index in [4.69, 9.17) is 6.57 Å². The summed E-state index contributed by atoms with van der Waals surface area (Å²) in [6.07, 6.45) is 0. The summed E-state index contributed by atoms with van der Waals surface area (Å²) < 4.78 is 15.2. The Kier molecular flexibility index (Phi) is 6.81. The molecule has 0 N–H and O–H groups in total. The summed E-state index contributed by atoms with van der Waals surface area (Å²) >= 11 is 0. The Morgan fingerprint density at radius 3 is 2.28 bits per heavy atom. The van der Waals surface area contributed by atoms with Gasteiger partial charge in [0.2, 0.25) is 5.52 Å². The van der Waals surface area contributed by atoms with Crippen LogP contribution in [-0.4, -0.2) is 40.1 Å². The van der Waals surface area contributed by atoms with Crippen molar-refractivity contribution < 1.29 is 4.39 Å². The molecule has 8 nitrogen and oxygen atoms in total. The molecule has 0 saturated carbocycles. The molecule has 1 aliphatic rings. The molecular weight excluding hydrogens is 493 g/mol. The molecule has 1 fully saturated rings. The normalized spacial score (nSPS) is 16.3. The van der Waals surface area contributed by atoms with Gasteiger partial charge in [-0.2, -0.15) is 10.5 Å². The molecular formula is C30H24FN7O. The smallest absolute Gasteiger partial charge is 0.271 e. The van der Waals surface area contributed by atoms with E-state index in [-0.39, 0.29) is 29.3 Å². The van der Waals surface area contributed by atoms with Gasteiger partial charge in [-0.15, -0.1) is 4.98 Å². The quantitative estimate of drug-likeness (QED) is 0.366. The molecule has 0 bridgehead atoms. The van der Waals surface area contributed by atoms with Gasteiger partial charge in [0, 0.05) is 32.7 Å². The summed E-state index contributed by atoms with van der Waals surface area (Å²) in [6, 6.07) is 21.1. The minimum absolute atomic E-state index is 0.00228. The maximum absolute atomic E-state index is 13.8. The Morgan fingerprint density at radius 2 is 1.69 bits per heavy atom. The van der Waals surface area contributed by atoms with Gasteiger partial charge in [-0.25, -0.2) is 4.39 Å². The number of aryl methyl sites for hydroxylation is 1. The van der Waals surface area contributed by atoms with Gasteiger partial charge < -0.3 is 14.3 Å². The summed E-state index contributed by atoms with van der Waals surface area (Å²) in [5.41, 5.74) is 3.49. The Balaban J connectivity index is 1.56. The van der Waals surface area contributed by atoms with Gasteiger partial charge in [-0.1, -0.05) is 30.8 Å². The van der Waals surface area contributed by atoms with Crippen molar-refractivity contribution in [3.05, 3.63) is 111 Å². The third-order valence-corrected chi connectivity index (χ3v) is 7.29. The fourth-order valence-corrected chi connectivity index (χ4v) is 5.37. The van der Waals surface area contributed by atoms with Crippen molar-refractivity contribution in [2.24, 2.45) is 7.05 Å². The summed E-state index contributed by atoms with van der Waals surface area (Å²) in [7, 11) is 1.60. The van der Waals surface area contributed by atoms with Crippen LogP contribution in [0.5, 0.6) is 0 Å². The van der Waals surface area contributed by atoms with E-state index in [9.17, 15) is 19.7 Å². The predicted octanol–water partition coefficient (Wildman–Crippen LogP) is 4.67. The average molecular weight is 518 g/mol. The molecule has 2 aromatic heterocycles. The third kappa shape index (κ3) is 4.59. The number of nitrogens with zero attached hydrogens (tertiary/aromatic N) is 7. The van der Waals surface area contributed by atoms with Crippen LogP contribution >= 0.6 is 0 Å². The van der Waals surface area contributed by atoms with Gasteiger partial charge in [0.25, 0.3) is 11.4 Å². The van der Waals surface area contributed by atoms with E-state index >= 15 is 0 Å². The summed E-state index contributed by atoms with van der Waals surface area (Å²) in [4.78, 5) is 25.3. The highest BCUT2D eigenvalue weighted by atomic mass is 19.1. The molecule has 0 spiro atoms. The van der Waals surface area contributed by atoms with Crippen LogP contribution in [0.4, 0.5) is 15.9 Å². The molecule has 3 heterocycles. The molecule has 2 aromatic carbocycles. The number of aromatic nitrogens is 2. The first-order chi connectivity index (χ1) is 18.9. The number of hydrogen-bond acceptors (Lipinski definition) is 6. The predicted molar refractivity (Wildman–Crippen MR) is 146 cm³/mol. The topological polar surface area (TPSA) is 93.3 Å². The maximum Gasteiger partial charge on any atom is 0.271 e. The Bertz CT molecular complexity index is 1740. The second kappa shape index (κ2) is 10.4. The van der Waals surface area contributed by atoms with Crippen molar-refractivity contribution in [3.8, 4) is 12.1 Å². The number of piperazine rings is 1. The van der Waals surface area contributed by atoms with Crippen molar-refractivity contribution in [2.45, 2.75) is 19.0 Å². The van der Waals surface area contributed by atoms with E-state index in [1.165, 1.54) is 16.7 Å². The summed E-state index contributed by atoms with van der Waals surface area (Å²) in [5.74, 6) is -0.127. The van der Waals surface area contributed by atoms with Crippen molar-refractivity contribution in [2.75, 3.05) is 24.5 Å². The third-order valence-electron chi connectivity index (χ3n) is 7.29. The highest BCUT2D eigenvalue weighted by Gasteiger charge is 2.34. The van der Waals surface area contributed by atoms with Crippen LogP contribution in [0.15, 0.2) is 65.5 Å². The van der Waals surface area contributed by atoms with Crippen LogP contribution in [0.1, 0.15) is 35.2 Å².